The van der Waals surface area contributed by atoms with Crippen LogP contribution in [0, 0.1) is 23.7 Å². The Morgan fingerprint density at radius 3 is 1.28 bits per heavy atom. The Morgan fingerprint density at radius 2 is 0.925 bits per heavy atom. The first-order valence-electron chi connectivity index (χ1n) is 19.7. The third kappa shape index (κ3) is 7.41. The van der Waals surface area contributed by atoms with Crippen LogP contribution < -0.4 is 0 Å². The van der Waals surface area contributed by atoms with Crippen molar-refractivity contribution in [3.63, 3.8) is 0 Å². The number of carbonyl (C=O) groups is 4. The average Bonchev–Trinajstić information content (AvgIpc) is 3.87. The van der Waals surface area contributed by atoms with Crippen LogP contribution >= 0.6 is 0 Å². The monoisotopic (exact) mass is 724 g/mol. The van der Waals surface area contributed by atoms with Crippen molar-refractivity contribution < 1.29 is 38.1 Å². The number of ether oxygens (including phenoxy) is 4. The summed E-state index contributed by atoms with van der Waals surface area (Å²) in [7, 11) is 4.30. The Morgan fingerprint density at radius 1 is 0.566 bits per heavy atom. The standard InChI is InChI=1S/C43H52N2O8/c1-44-30-15-16-31(44)21-34(20-30)52-40(46)36(26-9-5-3-6-10-26)24-50-42(48)38-28-13-14-29(19-28)39(38)43(49)51-25-37(27-11-7-4-8-12-27)41(47)53-35-22-32-17-18-33(23-35)45(32)2/h3-14,28-39H,15-25H2,1-2H3. The van der Waals surface area contributed by atoms with Crippen molar-refractivity contribution in [3.8, 4) is 0 Å². The number of carbonyl (C=O) groups excluding carboxylic acids is 4. The molecule has 53 heavy (non-hydrogen) atoms. The molecule has 2 aromatic carbocycles. The molecule has 1 saturated carbocycles. The first-order valence-corrected chi connectivity index (χ1v) is 19.7. The first-order chi connectivity index (χ1) is 25.7. The third-order valence-electron chi connectivity index (χ3n) is 13.4. The van der Waals surface area contributed by atoms with Crippen molar-refractivity contribution in [1.82, 2.24) is 9.80 Å². The van der Waals surface area contributed by atoms with E-state index < -0.39 is 47.5 Å². The SMILES string of the molecule is CN1C2CCC1CC(OC(=O)C(COC(=O)C1C3C=CC(C3)C1C(=O)OCC(C(=O)OC1CC3CCC(C1)N3C)c1ccccc1)c1ccccc1)C2. The minimum atomic E-state index is -0.783. The minimum Gasteiger partial charge on any atom is -0.464 e. The van der Waals surface area contributed by atoms with Gasteiger partial charge in [0.1, 0.15) is 37.3 Å². The molecule has 0 N–H and O–H groups in total. The summed E-state index contributed by atoms with van der Waals surface area (Å²) in [5, 5.41) is 0. The van der Waals surface area contributed by atoms with Gasteiger partial charge in [-0.2, -0.15) is 0 Å². The van der Waals surface area contributed by atoms with E-state index in [1.54, 1.807) is 0 Å². The molecule has 10 atom stereocenters. The molecular formula is C43H52N2O8. The molecule has 4 aliphatic heterocycles. The second-order valence-corrected chi connectivity index (χ2v) is 16.3. The molecule has 6 bridgehead atoms. The van der Waals surface area contributed by atoms with Gasteiger partial charge in [-0.3, -0.25) is 19.2 Å². The highest BCUT2D eigenvalue weighted by Gasteiger charge is 2.53. The topological polar surface area (TPSA) is 112 Å². The Hall–Kier alpha value is -4.02. The number of allylic oxidation sites excluding steroid dienone is 2. The van der Waals surface area contributed by atoms with Gasteiger partial charge in [-0.05, 0) is 94.8 Å². The van der Waals surface area contributed by atoms with E-state index in [9.17, 15) is 19.2 Å². The summed E-state index contributed by atoms with van der Waals surface area (Å²) in [5.74, 6) is -5.23. The number of hydrogen-bond donors (Lipinski definition) is 0. The maximum absolute atomic E-state index is 13.9. The van der Waals surface area contributed by atoms with Crippen LogP contribution in [0.4, 0.5) is 0 Å². The summed E-state index contributed by atoms with van der Waals surface area (Å²) in [4.78, 5) is 60.0. The van der Waals surface area contributed by atoms with Crippen LogP contribution in [0.2, 0.25) is 0 Å². The van der Waals surface area contributed by atoms with E-state index in [0.29, 0.717) is 30.6 Å². The number of esters is 4. The van der Waals surface area contributed by atoms with Gasteiger partial charge in [-0.25, -0.2) is 0 Å². The van der Waals surface area contributed by atoms with Gasteiger partial charge in [0, 0.05) is 24.2 Å². The zero-order chi connectivity index (χ0) is 36.6. The molecule has 0 spiro atoms. The van der Waals surface area contributed by atoms with Crippen LogP contribution in [0.1, 0.15) is 80.8 Å². The van der Waals surface area contributed by atoms with E-state index in [0.717, 1.165) is 62.5 Å². The van der Waals surface area contributed by atoms with E-state index in [2.05, 4.69) is 23.9 Å². The molecule has 2 aliphatic carbocycles. The fourth-order valence-electron chi connectivity index (χ4n) is 10.4. The molecule has 4 saturated heterocycles. The first kappa shape index (κ1) is 36.0. The average molecular weight is 725 g/mol. The predicted molar refractivity (Wildman–Crippen MR) is 195 cm³/mol. The van der Waals surface area contributed by atoms with Crippen molar-refractivity contribution in [2.45, 2.75) is 106 Å². The number of piperidine rings is 2. The van der Waals surface area contributed by atoms with Crippen LogP contribution in [-0.4, -0.2) is 97.4 Å². The van der Waals surface area contributed by atoms with Gasteiger partial charge in [0.2, 0.25) is 0 Å². The highest BCUT2D eigenvalue weighted by Crippen LogP contribution is 2.49. The number of rotatable bonds is 12. The zero-order valence-electron chi connectivity index (χ0n) is 30.8. The molecule has 8 rings (SSSR count). The molecule has 10 heteroatoms. The smallest absolute Gasteiger partial charge is 0.317 e. The van der Waals surface area contributed by atoms with Crippen LogP contribution in [0.15, 0.2) is 72.8 Å². The molecule has 282 valence electrons. The summed E-state index contributed by atoms with van der Waals surface area (Å²) in [6, 6.07) is 20.3. The number of nitrogens with zero attached hydrogens (tertiary/aromatic N) is 2. The summed E-state index contributed by atoms with van der Waals surface area (Å²) >= 11 is 0. The number of fused-ring (bicyclic) bond motifs is 6. The van der Waals surface area contributed by atoms with Gasteiger partial charge < -0.3 is 28.7 Å². The predicted octanol–water partition coefficient (Wildman–Crippen LogP) is 5.42. The molecule has 10 nitrogen and oxygen atoms in total. The van der Waals surface area contributed by atoms with E-state index in [4.69, 9.17) is 18.9 Å². The second kappa shape index (κ2) is 15.4. The fourth-order valence-corrected chi connectivity index (χ4v) is 10.4. The normalized spacial score (nSPS) is 34.0. The molecule has 2 aromatic rings. The minimum absolute atomic E-state index is 0.163. The highest BCUT2D eigenvalue weighted by atomic mass is 16.6. The van der Waals surface area contributed by atoms with Crippen LogP contribution in [0.5, 0.6) is 0 Å². The molecule has 6 aliphatic rings. The Labute approximate surface area is 312 Å². The van der Waals surface area contributed by atoms with E-state index in [1.165, 1.54) is 0 Å². The largest absolute Gasteiger partial charge is 0.464 e. The highest BCUT2D eigenvalue weighted by molar-refractivity contribution is 5.86. The molecule has 0 amide bonds. The van der Waals surface area contributed by atoms with Crippen molar-refractivity contribution in [1.29, 1.82) is 0 Å². The zero-order valence-corrected chi connectivity index (χ0v) is 30.8. The summed E-state index contributed by atoms with van der Waals surface area (Å²) in [6.07, 6.45) is 12.0. The number of hydrogen-bond acceptors (Lipinski definition) is 10. The van der Waals surface area contributed by atoms with Gasteiger partial charge in [0.25, 0.3) is 0 Å². The second-order valence-electron chi connectivity index (χ2n) is 16.3. The Balaban J connectivity index is 0.917. The quantitative estimate of drug-likeness (QED) is 0.160. The lowest BCUT2D eigenvalue weighted by Gasteiger charge is -2.36. The molecule has 0 radical (unpaired) electrons. The van der Waals surface area contributed by atoms with Gasteiger partial charge in [-0.15, -0.1) is 0 Å². The van der Waals surface area contributed by atoms with Crippen molar-refractivity contribution >= 4 is 23.9 Å². The van der Waals surface area contributed by atoms with Crippen molar-refractivity contribution in [2.24, 2.45) is 23.7 Å². The van der Waals surface area contributed by atoms with Crippen LogP contribution in [0.25, 0.3) is 0 Å². The van der Waals surface area contributed by atoms with E-state index in [-0.39, 0.29) is 37.3 Å². The molecular weight excluding hydrogens is 672 g/mol. The van der Waals surface area contributed by atoms with Crippen LogP contribution in [-0.2, 0) is 38.1 Å². The summed E-state index contributed by atoms with van der Waals surface area (Å²) < 4.78 is 24.1. The lowest BCUT2D eigenvalue weighted by molar-refractivity contribution is -0.167. The fraction of sp³-hybridized carbons (Fsp3) is 0.581. The molecule has 0 aromatic heterocycles. The third-order valence-corrected chi connectivity index (χ3v) is 13.4. The lowest BCUT2D eigenvalue weighted by Crippen LogP contribution is -2.44. The van der Waals surface area contributed by atoms with Gasteiger partial charge in [-0.1, -0.05) is 72.8 Å². The van der Waals surface area contributed by atoms with E-state index >= 15 is 0 Å². The lowest BCUT2D eigenvalue weighted by atomic mass is 9.83. The molecule has 10 unspecified atom stereocenters. The summed E-state index contributed by atoms with van der Waals surface area (Å²) in [6.45, 7) is -0.359. The van der Waals surface area contributed by atoms with E-state index in [1.807, 2.05) is 72.8 Å². The van der Waals surface area contributed by atoms with Crippen molar-refractivity contribution in [2.75, 3.05) is 27.3 Å². The maximum atomic E-state index is 13.9. The number of benzene rings is 2. The van der Waals surface area contributed by atoms with Gasteiger partial charge in [0.05, 0.1) is 11.8 Å². The molecule has 4 heterocycles. The molecule has 5 fully saturated rings. The van der Waals surface area contributed by atoms with Crippen molar-refractivity contribution in [3.05, 3.63) is 83.9 Å². The summed E-state index contributed by atoms with van der Waals surface area (Å²) in [5.41, 5.74) is 1.44. The maximum Gasteiger partial charge on any atom is 0.317 e. The van der Waals surface area contributed by atoms with Gasteiger partial charge >= 0.3 is 23.9 Å². The Kier molecular flexibility index (Phi) is 10.4. The van der Waals surface area contributed by atoms with Crippen LogP contribution in [0.3, 0.4) is 0 Å². The Bertz CT molecular complexity index is 1530. The van der Waals surface area contributed by atoms with Gasteiger partial charge in [0.15, 0.2) is 0 Å².